The summed E-state index contributed by atoms with van der Waals surface area (Å²) in [7, 11) is 1.60. The second-order valence-corrected chi connectivity index (χ2v) is 9.81. The van der Waals surface area contributed by atoms with E-state index in [-0.39, 0.29) is 68.8 Å². The Bertz CT molecular complexity index is 1650. The average Bonchev–Trinajstić information content (AvgIpc) is 3.68. The largest absolute Gasteiger partial charge is 0.493 e. The van der Waals surface area contributed by atoms with Crippen LogP contribution in [0.4, 0.5) is 5.69 Å². The third-order valence-corrected chi connectivity index (χ3v) is 7.33. The molecule has 2 aromatic heterocycles. The van der Waals surface area contributed by atoms with Crippen LogP contribution in [-0.2, 0) is 0 Å². The molecule has 13 nitrogen and oxygen atoms in total. The molecule has 1 aliphatic heterocycles. The van der Waals surface area contributed by atoms with Crippen LogP contribution in [0.25, 0.3) is 10.6 Å². The van der Waals surface area contributed by atoms with Crippen molar-refractivity contribution >= 4 is 85.7 Å². The maximum absolute atomic E-state index is 13.5. The number of hydrazone groups is 2. The third kappa shape index (κ3) is 7.09. The smallest absolute Gasteiger partial charge is 0.285 e. The van der Waals surface area contributed by atoms with Crippen molar-refractivity contribution in [1.82, 2.24) is 30.6 Å². The minimum atomic E-state index is -0.180. The number of nitrogens with one attached hydrogen (secondary N) is 2. The summed E-state index contributed by atoms with van der Waals surface area (Å²) in [6, 6.07) is 14.9. The molecule has 1 radical (unpaired) electrons. The van der Waals surface area contributed by atoms with Crippen molar-refractivity contribution in [3.8, 4) is 28.1 Å². The van der Waals surface area contributed by atoms with E-state index >= 15 is 0 Å². The van der Waals surface area contributed by atoms with Gasteiger partial charge in [0.1, 0.15) is 16.0 Å². The molecule has 4 aromatic rings. The van der Waals surface area contributed by atoms with E-state index in [1.54, 1.807) is 19.2 Å². The molecule has 0 saturated carbocycles. The molecule has 0 spiro atoms. The molecule has 2 aromatic carbocycles. The van der Waals surface area contributed by atoms with Crippen LogP contribution in [0.3, 0.4) is 0 Å². The molecule has 0 aliphatic carbocycles. The molecule has 0 bridgehead atoms. The van der Waals surface area contributed by atoms with Crippen LogP contribution in [0.15, 0.2) is 52.7 Å². The van der Waals surface area contributed by atoms with E-state index in [2.05, 4.69) is 36.1 Å². The minimum absolute atomic E-state index is 0. The Morgan fingerprint density at radius 2 is 2.00 bits per heavy atom. The Balaban J connectivity index is 0.00000405. The van der Waals surface area contributed by atoms with Gasteiger partial charge in [0.25, 0.3) is 5.91 Å². The van der Waals surface area contributed by atoms with Gasteiger partial charge in [-0.3, -0.25) is 10.2 Å². The molecule has 1 aliphatic rings. The number of nitriles is 1. The number of thiazole rings is 1. The van der Waals surface area contributed by atoms with Crippen LogP contribution < -0.4 is 14.9 Å². The first-order valence-electron chi connectivity index (χ1n) is 12.8. The molecule has 0 unspecified atom stereocenters. The van der Waals surface area contributed by atoms with Crippen LogP contribution in [0, 0.1) is 18.3 Å². The predicted molar refractivity (Wildman–Crippen MR) is 159 cm³/mol. The van der Waals surface area contributed by atoms with Gasteiger partial charge in [-0.2, -0.15) is 20.7 Å². The Morgan fingerprint density at radius 3 is 2.69 bits per heavy atom. The van der Waals surface area contributed by atoms with E-state index in [4.69, 9.17) is 14.6 Å². The van der Waals surface area contributed by atoms with E-state index in [1.165, 1.54) is 16.3 Å². The number of hydrogen-bond acceptors (Lipinski definition) is 12. The number of carbonyl (C=O) groups excluding carboxylic acids is 1. The molecule has 0 fully saturated rings. The second-order valence-electron chi connectivity index (χ2n) is 8.81. The topological polar surface area (TPSA) is 167 Å². The minimum Gasteiger partial charge on any atom is -0.493 e. The van der Waals surface area contributed by atoms with Crippen LogP contribution in [-0.4, -0.2) is 120 Å². The number of rotatable bonds is 9. The van der Waals surface area contributed by atoms with E-state index in [0.29, 0.717) is 45.9 Å². The van der Waals surface area contributed by atoms with E-state index in [1.807, 2.05) is 50.2 Å². The first-order valence-corrected chi connectivity index (χ1v) is 13.6. The summed E-state index contributed by atoms with van der Waals surface area (Å²) in [6.07, 6.45) is 1.55. The number of nitrogens with zero attached hydrogens (tertiary/aromatic N) is 8. The maximum Gasteiger partial charge on any atom is 0.285 e. The SMILES string of the molecule is CCOc1cc(C2=NN(C(=O)c3sc(-c4ccc(NN=C(C#N)c5nn[nH]n5)cc4)nc3C)CCC2)ccc1OC.[K]. The number of tetrazole rings is 1. The number of H-pyrrole nitrogens is 1. The summed E-state index contributed by atoms with van der Waals surface area (Å²) in [5.74, 6) is 1.21. The Hall–Kier alpha value is -3.52. The normalized spacial score (nSPS) is 13.0. The second kappa shape index (κ2) is 14.6. The Kier molecular flexibility index (Phi) is 10.9. The van der Waals surface area contributed by atoms with Gasteiger partial charge in [0.2, 0.25) is 11.5 Å². The third-order valence-electron chi connectivity index (χ3n) is 6.14. The van der Waals surface area contributed by atoms with Crippen LogP contribution in [0.5, 0.6) is 11.5 Å². The van der Waals surface area contributed by atoms with Gasteiger partial charge in [0, 0.05) is 69.1 Å². The maximum atomic E-state index is 13.5. The quantitative estimate of drug-likeness (QED) is 0.164. The van der Waals surface area contributed by atoms with Crippen molar-refractivity contribution in [2.24, 2.45) is 10.2 Å². The first-order chi connectivity index (χ1) is 20.0. The van der Waals surface area contributed by atoms with Crippen molar-refractivity contribution in [1.29, 1.82) is 5.26 Å². The zero-order valence-corrected chi connectivity index (χ0v) is 27.5. The van der Waals surface area contributed by atoms with Crippen molar-refractivity contribution < 1.29 is 14.3 Å². The summed E-state index contributed by atoms with van der Waals surface area (Å²) in [5.41, 5.74) is 6.65. The standard InChI is InChI=1S/C27H26N10O3S.K/c1-4-40-23-14-18(9-12-22(23)39-3)20-6-5-13-37(34-20)27(38)24-16(2)29-26(41-24)17-7-10-19(11-8-17)30-31-21(15-28)25-32-35-36-33-25;/h7-12,14,30H,4-6,13H2,1-3H3,(H,32,33,35,36);. The van der Waals surface area contributed by atoms with Gasteiger partial charge in [0.15, 0.2) is 11.5 Å². The molecule has 0 atom stereocenters. The fourth-order valence-electron chi connectivity index (χ4n) is 4.15. The molecular weight excluding hydrogens is 584 g/mol. The number of anilines is 1. The van der Waals surface area contributed by atoms with Gasteiger partial charge < -0.3 is 9.47 Å². The van der Waals surface area contributed by atoms with Gasteiger partial charge in [-0.15, -0.1) is 21.5 Å². The Morgan fingerprint density at radius 1 is 1.21 bits per heavy atom. The summed E-state index contributed by atoms with van der Waals surface area (Å²) >= 11 is 1.33. The monoisotopic (exact) mass is 609 g/mol. The van der Waals surface area contributed by atoms with Crippen molar-refractivity contribution in [2.75, 3.05) is 25.7 Å². The molecule has 42 heavy (non-hydrogen) atoms. The first kappa shape index (κ1) is 31.4. The molecule has 0 saturated heterocycles. The molecule has 1 amide bonds. The van der Waals surface area contributed by atoms with E-state index in [9.17, 15) is 10.1 Å². The molecule has 209 valence electrons. The molecule has 15 heteroatoms. The zero-order chi connectivity index (χ0) is 28.8. The predicted octanol–water partition coefficient (Wildman–Crippen LogP) is 3.64. The summed E-state index contributed by atoms with van der Waals surface area (Å²) in [6.45, 7) is 4.78. The summed E-state index contributed by atoms with van der Waals surface area (Å²) in [4.78, 5) is 18.7. The number of benzene rings is 2. The zero-order valence-electron chi connectivity index (χ0n) is 23.6. The fraction of sp³-hybridized carbons (Fsp3) is 0.259. The van der Waals surface area contributed by atoms with Crippen molar-refractivity contribution in [2.45, 2.75) is 26.7 Å². The molecule has 3 heterocycles. The van der Waals surface area contributed by atoms with Crippen molar-refractivity contribution in [3.05, 3.63) is 64.4 Å². The van der Waals surface area contributed by atoms with Crippen molar-refractivity contribution in [3.63, 3.8) is 0 Å². The van der Waals surface area contributed by atoms with Gasteiger partial charge in [-0.05, 0) is 74.4 Å². The number of ether oxygens (including phenoxy) is 2. The summed E-state index contributed by atoms with van der Waals surface area (Å²) < 4.78 is 11.1. The summed E-state index contributed by atoms with van der Waals surface area (Å²) in [5, 5.41) is 33.5. The number of amides is 1. The number of aromatic amines is 1. The van der Waals surface area contributed by atoms with Crippen LogP contribution in [0.1, 0.15) is 46.5 Å². The fourth-order valence-corrected chi connectivity index (χ4v) is 5.16. The van der Waals surface area contributed by atoms with E-state index in [0.717, 1.165) is 29.7 Å². The van der Waals surface area contributed by atoms with Gasteiger partial charge in [-0.25, -0.2) is 9.99 Å². The number of methoxy groups -OCH3 is 1. The molecular formula is C27H26KN10O3S. The van der Waals surface area contributed by atoms with Crippen LogP contribution >= 0.6 is 11.3 Å². The Labute approximate surface area is 288 Å². The number of hydrogen-bond donors (Lipinski definition) is 2. The molecule has 2 N–H and O–H groups in total. The van der Waals surface area contributed by atoms with Gasteiger partial charge in [0.05, 0.1) is 30.8 Å². The van der Waals surface area contributed by atoms with Gasteiger partial charge in [-0.1, -0.05) is 0 Å². The van der Waals surface area contributed by atoms with E-state index < -0.39 is 0 Å². The average molecular weight is 610 g/mol. The van der Waals surface area contributed by atoms with Gasteiger partial charge >= 0.3 is 0 Å². The number of aryl methyl sites for hydroxylation is 1. The number of aromatic nitrogens is 5. The molecule has 5 rings (SSSR count). The van der Waals surface area contributed by atoms with Crippen LogP contribution in [0.2, 0.25) is 0 Å². The number of carbonyl (C=O) groups is 1.